The molecule has 0 bridgehead atoms. The maximum absolute atomic E-state index is 13.2. The van der Waals surface area contributed by atoms with E-state index in [-0.39, 0.29) is 5.54 Å². The molecule has 2 aliphatic heterocycles. The zero-order valence-corrected chi connectivity index (χ0v) is 18.9. The number of fused-ring (bicyclic) bond motifs is 1. The minimum atomic E-state index is -3.49. The summed E-state index contributed by atoms with van der Waals surface area (Å²) in [4.78, 5) is 2.72. The van der Waals surface area contributed by atoms with Gasteiger partial charge in [-0.3, -0.25) is 4.90 Å². The second-order valence-corrected chi connectivity index (χ2v) is 12.5. The molecule has 3 aliphatic rings. The average molecular weight is 442 g/mol. The van der Waals surface area contributed by atoms with Crippen LogP contribution in [-0.4, -0.2) is 81.4 Å². The van der Waals surface area contributed by atoms with E-state index in [4.69, 9.17) is 0 Å². The molecule has 1 aromatic rings. The number of sulfonamides is 2. The van der Waals surface area contributed by atoms with Gasteiger partial charge in [0.1, 0.15) is 0 Å². The van der Waals surface area contributed by atoms with Crippen LogP contribution in [0.5, 0.6) is 0 Å². The molecule has 9 heteroatoms. The molecule has 2 fully saturated rings. The SMILES string of the molecule is CC[C@]1(N2CCN(S(=O)(=O)c3ccc4c(c3)CCC4)CC2)CCN(S(C)(=O)=O)C1. The molecule has 0 N–H and O–H groups in total. The molecule has 0 radical (unpaired) electrons. The van der Waals surface area contributed by atoms with Gasteiger partial charge in [-0.05, 0) is 55.4 Å². The van der Waals surface area contributed by atoms with Gasteiger partial charge >= 0.3 is 0 Å². The molecule has 0 aromatic heterocycles. The van der Waals surface area contributed by atoms with Gasteiger partial charge in [0.2, 0.25) is 20.0 Å². The van der Waals surface area contributed by atoms with Crippen molar-refractivity contribution in [1.82, 2.24) is 13.5 Å². The summed E-state index contributed by atoms with van der Waals surface area (Å²) in [5, 5.41) is 0. The van der Waals surface area contributed by atoms with E-state index in [0.29, 0.717) is 44.2 Å². The number of rotatable bonds is 5. The Morgan fingerprint density at radius 3 is 2.24 bits per heavy atom. The first-order valence-corrected chi connectivity index (χ1v) is 13.8. The number of hydrogen-bond acceptors (Lipinski definition) is 5. The number of aryl methyl sites for hydroxylation is 2. The van der Waals surface area contributed by atoms with E-state index in [1.807, 2.05) is 12.1 Å². The number of piperazine rings is 1. The zero-order chi connectivity index (χ0) is 20.9. The molecule has 4 rings (SSSR count). The van der Waals surface area contributed by atoms with Crippen molar-refractivity contribution in [3.05, 3.63) is 29.3 Å². The van der Waals surface area contributed by atoms with Crippen LogP contribution < -0.4 is 0 Å². The van der Waals surface area contributed by atoms with Crippen LogP contribution >= 0.6 is 0 Å². The molecule has 1 atom stereocenters. The van der Waals surface area contributed by atoms with Crippen molar-refractivity contribution < 1.29 is 16.8 Å². The first kappa shape index (κ1) is 21.2. The van der Waals surface area contributed by atoms with Crippen molar-refractivity contribution >= 4 is 20.0 Å². The van der Waals surface area contributed by atoms with Crippen LogP contribution in [0.4, 0.5) is 0 Å². The summed E-state index contributed by atoms with van der Waals surface area (Å²) in [5.41, 5.74) is 2.25. The fourth-order valence-corrected chi connectivity index (χ4v) is 7.50. The third-order valence-electron chi connectivity index (χ3n) is 7.04. The molecule has 2 saturated heterocycles. The molecule has 7 nitrogen and oxygen atoms in total. The summed E-state index contributed by atoms with van der Waals surface area (Å²) in [5.74, 6) is 0. The summed E-state index contributed by atoms with van der Waals surface area (Å²) in [7, 11) is -6.69. The minimum absolute atomic E-state index is 0.188. The van der Waals surface area contributed by atoms with E-state index in [0.717, 1.165) is 32.1 Å². The standard InChI is InChI=1S/C20H31N3O4S2/c1-3-20(9-10-23(16-20)28(2,24)25)21-11-13-22(14-12-21)29(26,27)19-8-7-17-5-4-6-18(17)15-19/h7-8,15H,3-6,9-14,16H2,1-2H3/t20-/m0/s1. The van der Waals surface area contributed by atoms with Gasteiger partial charge in [-0.25, -0.2) is 21.1 Å². The van der Waals surface area contributed by atoms with Crippen molar-refractivity contribution in [3.8, 4) is 0 Å². The second kappa shape index (κ2) is 7.60. The predicted octanol–water partition coefficient (Wildman–Crippen LogP) is 1.30. The van der Waals surface area contributed by atoms with Gasteiger partial charge in [0, 0.05) is 44.8 Å². The highest BCUT2D eigenvalue weighted by molar-refractivity contribution is 7.89. The maximum atomic E-state index is 13.2. The smallest absolute Gasteiger partial charge is 0.243 e. The van der Waals surface area contributed by atoms with Gasteiger partial charge < -0.3 is 0 Å². The van der Waals surface area contributed by atoms with Crippen LogP contribution in [0.3, 0.4) is 0 Å². The lowest BCUT2D eigenvalue weighted by atomic mass is 9.92. The Labute approximate surface area is 174 Å². The fraction of sp³-hybridized carbons (Fsp3) is 0.700. The second-order valence-electron chi connectivity index (χ2n) is 8.60. The number of nitrogens with zero attached hydrogens (tertiary/aromatic N) is 3. The lowest BCUT2D eigenvalue weighted by Gasteiger charge is -2.45. The van der Waals surface area contributed by atoms with Crippen LogP contribution in [0.15, 0.2) is 23.1 Å². The Balaban J connectivity index is 1.46. The van der Waals surface area contributed by atoms with Gasteiger partial charge in [-0.2, -0.15) is 4.31 Å². The summed E-state index contributed by atoms with van der Waals surface area (Å²) in [6, 6.07) is 5.58. The van der Waals surface area contributed by atoms with Gasteiger partial charge in [0.05, 0.1) is 11.2 Å². The van der Waals surface area contributed by atoms with E-state index in [2.05, 4.69) is 11.8 Å². The van der Waals surface area contributed by atoms with Crippen LogP contribution in [0.25, 0.3) is 0 Å². The molecular formula is C20H31N3O4S2. The normalized spacial score (nSPS) is 27.4. The van der Waals surface area contributed by atoms with E-state index in [9.17, 15) is 16.8 Å². The summed E-state index contributed by atoms with van der Waals surface area (Å²) in [6.07, 6.45) is 6.02. The van der Waals surface area contributed by atoms with Crippen LogP contribution in [0.2, 0.25) is 0 Å². The fourth-order valence-electron chi connectivity index (χ4n) is 5.13. The zero-order valence-electron chi connectivity index (χ0n) is 17.3. The molecule has 1 aromatic carbocycles. The summed E-state index contributed by atoms with van der Waals surface area (Å²) in [6.45, 7) is 5.30. The molecule has 2 heterocycles. The Morgan fingerprint density at radius 1 is 0.931 bits per heavy atom. The highest BCUT2D eigenvalue weighted by Gasteiger charge is 2.45. The Bertz CT molecular complexity index is 985. The van der Waals surface area contributed by atoms with Crippen LogP contribution in [-0.2, 0) is 32.9 Å². The van der Waals surface area contributed by atoms with E-state index >= 15 is 0 Å². The molecule has 1 aliphatic carbocycles. The third kappa shape index (κ3) is 3.87. The van der Waals surface area contributed by atoms with E-state index in [1.54, 1.807) is 14.7 Å². The molecule has 0 spiro atoms. The average Bonchev–Trinajstić information content (AvgIpc) is 3.35. The Kier molecular flexibility index (Phi) is 5.57. The first-order valence-electron chi connectivity index (χ1n) is 10.5. The lowest BCUT2D eigenvalue weighted by Crippen LogP contribution is -2.58. The van der Waals surface area contributed by atoms with Crippen LogP contribution in [0.1, 0.15) is 37.3 Å². The van der Waals surface area contributed by atoms with Crippen molar-refractivity contribution in [2.24, 2.45) is 0 Å². The topological polar surface area (TPSA) is 78.0 Å². The molecule has 0 amide bonds. The predicted molar refractivity (Wildman–Crippen MR) is 113 cm³/mol. The Hall–Kier alpha value is -1.00. The van der Waals surface area contributed by atoms with Gasteiger partial charge in [-0.15, -0.1) is 0 Å². The lowest BCUT2D eigenvalue weighted by molar-refractivity contribution is 0.0600. The summed E-state index contributed by atoms with van der Waals surface area (Å²) < 4.78 is 53.4. The highest BCUT2D eigenvalue weighted by Crippen LogP contribution is 2.34. The third-order valence-corrected chi connectivity index (χ3v) is 10.2. The largest absolute Gasteiger partial charge is 0.294 e. The number of hydrogen-bond donors (Lipinski definition) is 0. The van der Waals surface area contributed by atoms with Crippen molar-refractivity contribution in [3.63, 3.8) is 0 Å². The van der Waals surface area contributed by atoms with E-state index in [1.165, 1.54) is 17.4 Å². The van der Waals surface area contributed by atoms with E-state index < -0.39 is 20.0 Å². The molecule has 0 saturated carbocycles. The van der Waals surface area contributed by atoms with Crippen molar-refractivity contribution in [2.75, 3.05) is 45.5 Å². The summed E-state index contributed by atoms with van der Waals surface area (Å²) >= 11 is 0. The Morgan fingerprint density at radius 2 is 1.62 bits per heavy atom. The number of benzene rings is 1. The first-order chi connectivity index (χ1) is 13.7. The quantitative estimate of drug-likeness (QED) is 0.688. The van der Waals surface area contributed by atoms with Gasteiger partial charge in [0.15, 0.2) is 0 Å². The highest BCUT2D eigenvalue weighted by atomic mass is 32.2. The van der Waals surface area contributed by atoms with Crippen molar-refractivity contribution in [2.45, 2.75) is 49.5 Å². The van der Waals surface area contributed by atoms with Gasteiger partial charge in [-0.1, -0.05) is 13.0 Å². The van der Waals surface area contributed by atoms with Gasteiger partial charge in [0.25, 0.3) is 0 Å². The monoisotopic (exact) mass is 441 g/mol. The maximum Gasteiger partial charge on any atom is 0.243 e. The molecule has 0 unspecified atom stereocenters. The van der Waals surface area contributed by atoms with Crippen LogP contribution in [0, 0.1) is 0 Å². The minimum Gasteiger partial charge on any atom is -0.294 e. The molecule has 29 heavy (non-hydrogen) atoms. The van der Waals surface area contributed by atoms with Crippen molar-refractivity contribution in [1.29, 1.82) is 0 Å². The molecule has 162 valence electrons. The molecular weight excluding hydrogens is 410 g/mol.